The largest absolute Gasteiger partial charge is 0.484 e. The van der Waals surface area contributed by atoms with Gasteiger partial charge in [-0.25, -0.2) is 18.1 Å². The molecule has 0 spiro atoms. The van der Waals surface area contributed by atoms with Crippen molar-refractivity contribution in [1.82, 2.24) is 14.8 Å². The van der Waals surface area contributed by atoms with Crippen LogP contribution in [0.15, 0.2) is 64.4 Å². The van der Waals surface area contributed by atoms with Crippen LogP contribution < -0.4 is 14.4 Å². The monoisotopic (exact) mass is 485 g/mol. The van der Waals surface area contributed by atoms with Crippen LogP contribution in [0.4, 0.5) is 11.4 Å². The molecule has 0 atom stereocenters. The van der Waals surface area contributed by atoms with Gasteiger partial charge in [0.05, 0.1) is 23.8 Å². The van der Waals surface area contributed by atoms with Gasteiger partial charge in [-0.15, -0.1) is 11.3 Å². The van der Waals surface area contributed by atoms with Crippen molar-refractivity contribution in [2.75, 3.05) is 23.3 Å². The summed E-state index contributed by atoms with van der Waals surface area (Å²) in [7, 11) is -2.11. The molecule has 9 nitrogen and oxygen atoms in total. The van der Waals surface area contributed by atoms with Gasteiger partial charge in [0.2, 0.25) is 0 Å². The number of anilines is 2. The second-order valence-corrected chi connectivity index (χ2v) is 10.7. The van der Waals surface area contributed by atoms with E-state index in [1.165, 1.54) is 11.4 Å². The summed E-state index contributed by atoms with van der Waals surface area (Å²) in [5.74, 6) is 0.108. The number of aromatic nitrogens is 3. The lowest BCUT2D eigenvalue weighted by atomic mass is 10.3. The summed E-state index contributed by atoms with van der Waals surface area (Å²) >= 11 is 1.16. The maximum atomic E-state index is 12.6. The number of carbonyl (C=O) groups excluding carboxylic acids is 1. The summed E-state index contributed by atoms with van der Waals surface area (Å²) in [6.07, 6.45) is 3.30. The molecule has 0 saturated heterocycles. The van der Waals surface area contributed by atoms with Gasteiger partial charge in [-0.1, -0.05) is 6.07 Å². The Hall–Kier alpha value is -3.44. The highest BCUT2D eigenvalue weighted by Crippen LogP contribution is 2.26. The fraction of sp³-hybridized carbons (Fsp3) is 0.227. The molecular formula is C22H23N5O4S2. The van der Waals surface area contributed by atoms with E-state index in [-0.39, 0.29) is 22.8 Å². The average Bonchev–Trinajstić information content (AvgIpc) is 3.48. The van der Waals surface area contributed by atoms with E-state index in [1.54, 1.807) is 54.2 Å². The normalized spacial score (nSPS) is 11.6. The number of hydrogen-bond donors (Lipinski definition) is 1. The quantitative estimate of drug-likeness (QED) is 0.405. The van der Waals surface area contributed by atoms with Gasteiger partial charge < -0.3 is 10.1 Å². The van der Waals surface area contributed by atoms with Crippen LogP contribution in [-0.2, 0) is 14.8 Å². The molecule has 1 N–H and O–H groups in total. The number of ether oxygens (including phenoxy) is 1. The first kappa shape index (κ1) is 22.7. The van der Waals surface area contributed by atoms with Gasteiger partial charge in [0.25, 0.3) is 15.9 Å². The van der Waals surface area contributed by atoms with Gasteiger partial charge in [0.1, 0.15) is 9.96 Å². The number of thiophene rings is 1. The predicted molar refractivity (Wildman–Crippen MR) is 128 cm³/mol. The smallest absolute Gasteiger partial charge is 0.273 e. The molecule has 0 unspecified atom stereocenters. The Kier molecular flexibility index (Phi) is 6.34. The Labute approximate surface area is 195 Å². The molecular weight excluding hydrogens is 462 g/mol. The Morgan fingerprint density at radius 3 is 2.64 bits per heavy atom. The minimum absolute atomic E-state index is 0.186. The highest BCUT2D eigenvalue weighted by atomic mass is 32.2. The van der Waals surface area contributed by atoms with E-state index in [1.807, 2.05) is 24.6 Å². The number of sulfonamides is 1. The molecule has 1 aromatic carbocycles. The van der Waals surface area contributed by atoms with Crippen LogP contribution >= 0.6 is 11.3 Å². The highest BCUT2D eigenvalue weighted by Gasteiger charge is 2.22. The molecule has 0 aliphatic heterocycles. The lowest BCUT2D eigenvalue weighted by Gasteiger charge is -2.18. The van der Waals surface area contributed by atoms with E-state index in [0.717, 1.165) is 22.4 Å². The van der Waals surface area contributed by atoms with E-state index in [4.69, 9.17) is 4.74 Å². The first-order valence-electron chi connectivity index (χ1n) is 10.1. The van der Waals surface area contributed by atoms with Crippen molar-refractivity contribution in [3.63, 3.8) is 0 Å². The Morgan fingerprint density at radius 2 is 1.97 bits per heavy atom. The van der Waals surface area contributed by atoms with Crippen LogP contribution in [0.1, 0.15) is 19.9 Å². The first-order chi connectivity index (χ1) is 15.8. The fourth-order valence-electron chi connectivity index (χ4n) is 3.17. The summed E-state index contributed by atoms with van der Waals surface area (Å²) in [5, 5.41) is 9.63. The molecule has 3 heterocycles. The third-order valence-corrected chi connectivity index (χ3v) is 8.04. The average molecular weight is 486 g/mol. The molecule has 0 fully saturated rings. The number of carbonyl (C=O) groups is 1. The van der Waals surface area contributed by atoms with Crippen LogP contribution in [-0.4, -0.2) is 42.7 Å². The summed E-state index contributed by atoms with van der Waals surface area (Å²) in [4.78, 5) is 16.7. The van der Waals surface area contributed by atoms with Crippen molar-refractivity contribution >= 4 is 49.7 Å². The summed E-state index contributed by atoms with van der Waals surface area (Å²) in [5.41, 5.74) is 1.79. The molecule has 33 heavy (non-hydrogen) atoms. The maximum absolute atomic E-state index is 12.6. The molecule has 0 radical (unpaired) electrons. The maximum Gasteiger partial charge on any atom is 0.273 e. The number of nitrogens with zero attached hydrogens (tertiary/aromatic N) is 4. The van der Waals surface area contributed by atoms with Gasteiger partial charge in [0.15, 0.2) is 12.3 Å². The number of benzene rings is 1. The van der Waals surface area contributed by atoms with Crippen molar-refractivity contribution in [3.8, 4) is 5.75 Å². The molecule has 4 aromatic rings. The molecule has 3 aromatic heterocycles. The zero-order valence-electron chi connectivity index (χ0n) is 18.3. The molecule has 4 rings (SSSR count). The SMILES string of the molecule is CC(C)n1ncc2cc(NC(=O)COc3ccc(N(C)S(=O)(=O)c4cccs4)cc3)cnc21. The first-order valence-corrected chi connectivity index (χ1v) is 12.5. The molecule has 0 aliphatic carbocycles. The van der Waals surface area contributed by atoms with Crippen LogP contribution in [0.2, 0.25) is 0 Å². The van der Waals surface area contributed by atoms with Crippen LogP contribution in [0.5, 0.6) is 5.75 Å². The van der Waals surface area contributed by atoms with E-state index in [9.17, 15) is 13.2 Å². The van der Waals surface area contributed by atoms with Crippen molar-refractivity contribution in [3.05, 3.63) is 60.2 Å². The number of rotatable bonds is 8. The number of nitrogens with one attached hydrogen (secondary N) is 1. The topological polar surface area (TPSA) is 106 Å². The van der Waals surface area contributed by atoms with Gasteiger partial charge in [-0.3, -0.25) is 9.10 Å². The van der Waals surface area contributed by atoms with E-state index in [2.05, 4.69) is 15.4 Å². The van der Waals surface area contributed by atoms with Gasteiger partial charge >= 0.3 is 0 Å². The van der Waals surface area contributed by atoms with Crippen molar-refractivity contribution in [2.24, 2.45) is 0 Å². The third-order valence-electron chi connectivity index (χ3n) is 4.89. The van der Waals surface area contributed by atoms with Gasteiger partial charge in [0, 0.05) is 18.5 Å². The molecule has 0 aliphatic rings. The lowest BCUT2D eigenvalue weighted by molar-refractivity contribution is -0.118. The summed E-state index contributed by atoms with van der Waals surface area (Å²) in [6, 6.07) is 11.8. The lowest BCUT2D eigenvalue weighted by Crippen LogP contribution is -2.25. The number of hydrogen-bond acceptors (Lipinski definition) is 7. The van der Waals surface area contributed by atoms with Gasteiger partial charge in [-0.2, -0.15) is 5.10 Å². The van der Waals surface area contributed by atoms with Crippen molar-refractivity contribution < 1.29 is 17.9 Å². The van der Waals surface area contributed by atoms with E-state index < -0.39 is 10.0 Å². The minimum Gasteiger partial charge on any atom is -0.484 e. The standard InChI is InChI=1S/C22H23N5O4S2/c1-15(2)27-22-16(12-24-27)11-17(13-23-22)25-20(28)14-31-19-8-6-18(7-9-19)26(3)33(29,30)21-5-4-10-32-21/h4-13,15H,14H2,1-3H3,(H,25,28). The molecule has 1 amide bonds. The fourth-order valence-corrected chi connectivity index (χ4v) is 5.53. The number of pyridine rings is 1. The predicted octanol–water partition coefficient (Wildman–Crippen LogP) is 3.92. The Balaban J connectivity index is 1.35. The third kappa shape index (κ3) is 4.83. The molecule has 172 valence electrons. The van der Waals surface area contributed by atoms with E-state index >= 15 is 0 Å². The Morgan fingerprint density at radius 1 is 1.21 bits per heavy atom. The Bertz CT molecular complexity index is 1360. The number of amides is 1. The van der Waals surface area contributed by atoms with Gasteiger partial charge in [-0.05, 0) is 55.6 Å². The zero-order chi connectivity index (χ0) is 23.6. The second-order valence-electron chi connectivity index (χ2n) is 7.56. The molecule has 0 bridgehead atoms. The molecule has 11 heteroatoms. The minimum atomic E-state index is -3.61. The summed E-state index contributed by atoms with van der Waals surface area (Å²) < 4.78 is 34.1. The highest BCUT2D eigenvalue weighted by molar-refractivity contribution is 7.94. The van der Waals surface area contributed by atoms with Crippen molar-refractivity contribution in [2.45, 2.75) is 24.1 Å². The van der Waals surface area contributed by atoms with Crippen molar-refractivity contribution in [1.29, 1.82) is 0 Å². The van der Waals surface area contributed by atoms with Crippen LogP contribution in [0.3, 0.4) is 0 Å². The summed E-state index contributed by atoms with van der Waals surface area (Å²) in [6.45, 7) is 3.84. The zero-order valence-corrected chi connectivity index (χ0v) is 19.9. The number of fused-ring (bicyclic) bond motifs is 1. The second kappa shape index (κ2) is 9.20. The van der Waals surface area contributed by atoms with Crippen LogP contribution in [0, 0.1) is 0 Å². The van der Waals surface area contributed by atoms with Crippen LogP contribution in [0.25, 0.3) is 11.0 Å². The molecule has 0 saturated carbocycles. The van der Waals surface area contributed by atoms with E-state index in [0.29, 0.717) is 17.1 Å².